The van der Waals surface area contributed by atoms with E-state index in [4.69, 9.17) is 0 Å². The Labute approximate surface area is 126 Å². The minimum atomic E-state index is 0.687. The van der Waals surface area contributed by atoms with Crippen LogP contribution >= 0.6 is 0 Å². The molecule has 0 bridgehead atoms. The predicted molar refractivity (Wildman–Crippen MR) is 86.7 cm³/mol. The average Bonchev–Trinajstić information content (AvgIpc) is 2.92. The molecule has 4 atom stereocenters. The van der Waals surface area contributed by atoms with E-state index in [-0.39, 0.29) is 0 Å². The van der Waals surface area contributed by atoms with Crippen LogP contribution in [-0.2, 0) is 0 Å². The Balaban J connectivity index is 1.89. The van der Waals surface area contributed by atoms with Crippen molar-refractivity contribution >= 4 is 0 Å². The molecule has 1 nitrogen and oxygen atoms in total. The van der Waals surface area contributed by atoms with Crippen molar-refractivity contribution in [2.45, 2.75) is 72.1 Å². The van der Waals surface area contributed by atoms with Gasteiger partial charge in [0.05, 0.1) is 0 Å². The summed E-state index contributed by atoms with van der Waals surface area (Å²) in [5.74, 6) is 4.85. The lowest BCUT2D eigenvalue weighted by Crippen LogP contribution is -2.55. The highest BCUT2D eigenvalue weighted by Crippen LogP contribution is 2.58. The normalized spacial score (nSPS) is 43.5. The summed E-state index contributed by atoms with van der Waals surface area (Å²) in [6, 6.07) is 0. The van der Waals surface area contributed by atoms with Crippen LogP contribution in [0.25, 0.3) is 0 Å². The average molecular weight is 277 g/mol. The Kier molecular flexibility index (Phi) is 4.45. The van der Waals surface area contributed by atoms with E-state index in [2.05, 4.69) is 26.1 Å². The summed E-state index contributed by atoms with van der Waals surface area (Å²) in [6.45, 7) is 10.1. The van der Waals surface area contributed by atoms with E-state index in [1.54, 1.807) is 0 Å². The Hall–Kier alpha value is -0.0400. The van der Waals surface area contributed by atoms with Gasteiger partial charge >= 0.3 is 0 Å². The van der Waals surface area contributed by atoms with Gasteiger partial charge in [0.1, 0.15) is 0 Å². The fourth-order valence-corrected chi connectivity index (χ4v) is 6.33. The SMILES string of the molecule is CC1CCC(C(C)C)C2(CCNCC2C2CCCC2)C1. The van der Waals surface area contributed by atoms with E-state index >= 15 is 0 Å². The largest absolute Gasteiger partial charge is 0.316 e. The molecular weight excluding hydrogens is 242 g/mol. The van der Waals surface area contributed by atoms with Gasteiger partial charge in [0, 0.05) is 0 Å². The minimum Gasteiger partial charge on any atom is -0.316 e. The molecule has 1 spiro atoms. The first-order valence-corrected chi connectivity index (χ1v) is 9.34. The third-order valence-electron chi connectivity index (χ3n) is 7.08. The molecule has 0 aromatic heterocycles. The zero-order valence-electron chi connectivity index (χ0n) is 14.0. The maximum atomic E-state index is 3.76. The zero-order valence-corrected chi connectivity index (χ0v) is 14.0. The van der Waals surface area contributed by atoms with Crippen molar-refractivity contribution < 1.29 is 0 Å². The van der Waals surface area contributed by atoms with Crippen LogP contribution in [0.5, 0.6) is 0 Å². The van der Waals surface area contributed by atoms with Gasteiger partial charge in [-0.05, 0) is 67.4 Å². The number of hydrogen-bond donors (Lipinski definition) is 1. The number of nitrogens with one attached hydrogen (secondary N) is 1. The van der Waals surface area contributed by atoms with Gasteiger partial charge in [-0.2, -0.15) is 0 Å². The molecular formula is C19H35N. The van der Waals surface area contributed by atoms with Gasteiger partial charge in [-0.25, -0.2) is 0 Å². The summed E-state index contributed by atoms with van der Waals surface area (Å²) in [5.41, 5.74) is 0.687. The van der Waals surface area contributed by atoms with Gasteiger partial charge in [-0.1, -0.05) is 52.9 Å². The summed E-state index contributed by atoms with van der Waals surface area (Å²) in [6.07, 6.45) is 12.0. The van der Waals surface area contributed by atoms with E-state index in [9.17, 15) is 0 Å². The van der Waals surface area contributed by atoms with Gasteiger partial charge in [0.2, 0.25) is 0 Å². The van der Waals surface area contributed by atoms with E-state index in [0.29, 0.717) is 5.41 Å². The summed E-state index contributed by atoms with van der Waals surface area (Å²) >= 11 is 0. The van der Waals surface area contributed by atoms with E-state index in [1.165, 1.54) is 64.5 Å². The Morgan fingerprint density at radius 1 is 1.05 bits per heavy atom. The van der Waals surface area contributed by atoms with Crippen molar-refractivity contribution in [2.24, 2.45) is 35.0 Å². The lowest BCUT2D eigenvalue weighted by molar-refractivity contribution is -0.0652. The Morgan fingerprint density at radius 3 is 2.50 bits per heavy atom. The molecule has 1 heterocycles. The van der Waals surface area contributed by atoms with Crippen LogP contribution in [0.2, 0.25) is 0 Å². The first-order chi connectivity index (χ1) is 9.63. The minimum absolute atomic E-state index is 0.687. The monoisotopic (exact) mass is 277 g/mol. The fourth-order valence-electron chi connectivity index (χ4n) is 6.33. The van der Waals surface area contributed by atoms with Gasteiger partial charge < -0.3 is 5.32 Å². The molecule has 1 heteroatoms. The summed E-state index contributed by atoms with van der Waals surface area (Å²) in [5, 5.41) is 3.76. The van der Waals surface area contributed by atoms with Crippen LogP contribution in [0.1, 0.15) is 72.1 Å². The molecule has 2 saturated carbocycles. The molecule has 0 aromatic carbocycles. The second-order valence-electron chi connectivity index (χ2n) is 8.58. The third kappa shape index (κ3) is 2.56. The van der Waals surface area contributed by atoms with E-state index in [1.807, 2.05) is 0 Å². The topological polar surface area (TPSA) is 12.0 Å². The first-order valence-electron chi connectivity index (χ1n) is 9.34. The second kappa shape index (κ2) is 5.99. The molecule has 1 N–H and O–H groups in total. The molecule has 1 aliphatic heterocycles. The van der Waals surface area contributed by atoms with Crippen molar-refractivity contribution in [1.29, 1.82) is 0 Å². The third-order valence-corrected chi connectivity index (χ3v) is 7.08. The maximum Gasteiger partial charge on any atom is -0.00124 e. The molecule has 1 saturated heterocycles. The van der Waals surface area contributed by atoms with Crippen molar-refractivity contribution in [3.63, 3.8) is 0 Å². The van der Waals surface area contributed by atoms with Crippen LogP contribution in [0, 0.1) is 35.0 Å². The molecule has 3 rings (SSSR count). The van der Waals surface area contributed by atoms with Crippen LogP contribution in [0.4, 0.5) is 0 Å². The molecule has 0 amide bonds. The van der Waals surface area contributed by atoms with E-state index < -0.39 is 0 Å². The van der Waals surface area contributed by atoms with Crippen LogP contribution in [0.15, 0.2) is 0 Å². The van der Waals surface area contributed by atoms with Crippen LogP contribution in [-0.4, -0.2) is 13.1 Å². The molecule has 0 aromatic rings. The van der Waals surface area contributed by atoms with Crippen molar-refractivity contribution in [3.05, 3.63) is 0 Å². The molecule has 3 aliphatic rings. The van der Waals surface area contributed by atoms with Crippen molar-refractivity contribution in [3.8, 4) is 0 Å². The van der Waals surface area contributed by atoms with E-state index in [0.717, 1.165) is 29.6 Å². The van der Waals surface area contributed by atoms with Crippen molar-refractivity contribution in [1.82, 2.24) is 5.32 Å². The first kappa shape index (κ1) is 14.9. The van der Waals surface area contributed by atoms with Gasteiger partial charge in [0.15, 0.2) is 0 Å². The Morgan fingerprint density at radius 2 is 1.80 bits per heavy atom. The summed E-state index contributed by atoms with van der Waals surface area (Å²) in [4.78, 5) is 0. The number of rotatable bonds is 2. The molecule has 4 unspecified atom stereocenters. The molecule has 20 heavy (non-hydrogen) atoms. The zero-order chi connectivity index (χ0) is 14.2. The van der Waals surface area contributed by atoms with Crippen LogP contribution in [0.3, 0.4) is 0 Å². The number of hydrogen-bond acceptors (Lipinski definition) is 1. The van der Waals surface area contributed by atoms with Crippen LogP contribution < -0.4 is 5.32 Å². The van der Waals surface area contributed by atoms with Gasteiger partial charge in [-0.3, -0.25) is 0 Å². The lowest BCUT2D eigenvalue weighted by Gasteiger charge is -2.57. The molecule has 2 aliphatic carbocycles. The molecule has 116 valence electrons. The van der Waals surface area contributed by atoms with Gasteiger partial charge in [0.25, 0.3) is 0 Å². The smallest absolute Gasteiger partial charge is 0.00124 e. The molecule has 0 radical (unpaired) electrons. The highest BCUT2D eigenvalue weighted by molar-refractivity contribution is 5.02. The van der Waals surface area contributed by atoms with Gasteiger partial charge in [-0.15, -0.1) is 0 Å². The lowest BCUT2D eigenvalue weighted by atomic mass is 9.50. The number of piperidine rings is 1. The maximum absolute atomic E-state index is 3.76. The summed E-state index contributed by atoms with van der Waals surface area (Å²) < 4.78 is 0. The molecule has 3 fully saturated rings. The predicted octanol–water partition coefficient (Wildman–Crippen LogP) is 4.86. The quantitative estimate of drug-likeness (QED) is 0.759. The highest BCUT2D eigenvalue weighted by atomic mass is 14.9. The summed E-state index contributed by atoms with van der Waals surface area (Å²) in [7, 11) is 0. The Bertz CT molecular complexity index is 318. The highest BCUT2D eigenvalue weighted by Gasteiger charge is 2.52. The standard InChI is InChI=1S/C19H35N/c1-14(2)17-9-8-15(3)12-19(17)10-11-20-13-18(19)16-6-4-5-7-16/h14-18,20H,4-13H2,1-3H3. The fraction of sp³-hybridized carbons (Fsp3) is 1.00. The second-order valence-corrected chi connectivity index (χ2v) is 8.58. The van der Waals surface area contributed by atoms with Crippen molar-refractivity contribution in [2.75, 3.05) is 13.1 Å².